The first-order valence-electron chi connectivity index (χ1n) is 7.86. The van der Waals surface area contributed by atoms with Gasteiger partial charge in [-0.05, 0) is 42.3 Å². The van der Waals surface area contributed by atoms with Crippen molar-refractivity contribution in [3.05, 3.63) is 58.3 Å². The van der Waals surface area contributed by atoms with Gasteiger partial charge in [-0.25, -0.2) is 8.42 Å². The third kappa shape index (κ3) is 6.16. The molecule has 0 spiro atoms. The zero-order valence-corrected chi connectivity index (χ0v) is 16.5. The smallest absolute Gasteiger partial charge is 0.232 e. The number of benzene rings is 1. The Kier molecular flexibility index (Phi) is 7.25. The van der Waals surface area contributed by atoms with Crippen LogP contribution >= 0.6 is 23.2 Å². The lowest BCUT2D eigenvalue weighted by atomic mass is 10.2. The second-order valence-electron chi connectivity index (χ2n) is 5.67. The summed E-state index contributed by atoms with van der Waals surface area (Å²) in [5, 5.41) is 3.45. The SMILES string of the molecule is CS(=O)(=O)N(CCCC(=O)NCc1ccncc1)c1cc(Cl)ccc1Cl. The highest BCUT2D eigenvalue weighted by Crippen LogP contribution is 2.30. The third-order valence-electron chi connectivity index (χ3n) is 3.58. The van der Waals surface area contributed by atoms with Crippen molar-refractivity contribution in [3.8, 4) is 0 Å². The summed E-state index contributed by atoms with van der Waals surface area (Å²) >= 11 is 12.1. The number of nitrogens with zero attached hydrogens (tertiary/aromatic N) is 2. The molecule has 0 fully saturated rings. The molecule has 0 aliphatic rings. The average Bonchev–Trinajstić information content (AvgIpc) is 2.59. The van der Waals surface area contributed by atoms with E-state index in [1.807, 2.05) is 12.1 Å². The Morgan fingerprint density at radius 1 is 1.19 bits per heavy atom. The molecular weight excluding hydrogens is 397 g/mol. The van der Waals surface area contributed by atoms with Gasteiger partial charge in [0.15, 0.2) is 0 Å². The minimum atomic E-state index is -3.56. The van der Waals surface area contributed by atoms with Crippen LogP contribution in [0, 0.1) is 0 Å². The Morgan fingerprint density at radius 3 is 2.54 bits per heavy atom. The molecule has 0 atom stereocenters. The molecule has 1 aromatic carbocycles. The molecule has 0 radical (unpaired) electrons. The van der Waals surface area contributed by atoms with Crippen molar-refractivity contribution in [2.45, 2.75) is 19.4 Å². The molecule has 0 aliphatic carbocycles. The summed E-state index contributed by atoms with van der Waals surface area (Å²) < 4.78 is 25.4. The summed E-state index contributed by atoms with van der Waals surface area (Å²) in [7, 11) is -3.56. The second-order valence-corrected chi connectivity index (χ2v) is 8.42. The maximum atomic E-state index is 12.1. The van der Waals surface area contributed by atoms with Gasteiger partial charge < -0.3 is 5.32 Å². The molecule has 0 unspecified atom stereocenters. The summed E-state index contributed by atoms with van der Waals surface area (Å²) in [6, 6.07) is 8.24. The highest BCUT2D eigenvalue weighted by atomic mass is 35.5. The molecule has 140 valence electrons. The largest absolute Gasteiger partial charge is 0.352 e. The van der Waals surface area contributed by atoms with E-state index in [4.69, 9.17) is 23.2 Å². The zero-order chi connectivity index (χ0) is 19.2. The van der Waals surface area contributed by atoms with Gasteiger partial charge in [0.2, 0.25) is 15.9 Å². The van der Waals surface area contributed by atoms with Gasteiger partial charge in [0, 0.05) is 36.9 Å². The molecule has 1 amide bonds. The first kappa shape index (κ1) is 20.5. The van der Waals surface area contributed by atoms with Gasteiger partial charge in [0.1, 0.15) is 0 Å². The molecule has 26 heavy (non-hydrogen) atoms. The van der Waals surface area contributed by atoms with Gasteiger partial charge in [0.05, 0.1) is 17.0 Å². The molecule has 1 N–H and O–H groups in total. The van der Waals surface area contributed by atoms with Gasteiger partial charge in [0.25, 0.3) is 0 Å². The molecule has 0 saturated carbocycles. The fourth-order valence-corrected chi connectivity index (χ4v) is 3.72. The zero-order valence-electron chi connectivity index (χ0n) is 14.2. The van der Waals surface area contributed by atoms with Crippen molar-refractivity contribution in [2.24, 2.45) is 0 Å². The summed E-state index contributed by atoms with van der Waals surface area (Å²) in [6.07, 6.45) is 4.93. The van der Waals surface area contributed by atoms with E-state index in [-0.39, 0.29) is 23.9 Å². The normalized spacial score (nSPS) is 11.2. The number of amides is 1. The molecule has 0 bridgehead atoms. The van der Waals surface area contributed by atoms with E-state index in [0.717, 1.165) is 16.1 Å². The third-order valence-corrected chi connectivity index (χ3v) is 5.32. The standard InChI is InChI=1S/C17H19Cl2N3O3S/c1-26(24,25)22(16-11-14(18)4-5-15(16)19)10-2-3-17(23)21-12-13-6-8-20-9-7-13/h4-9,11H,2-3,10,12H2,1H3,(H,21,23). The summed E-state index contributed by atoms with van der Waals surface area (Å²) in [4.78, 5) is 15.9. The Hall–Kier alpha value is -1.83. The number of anilines is 1. The van der Waals surface area contributed by atoms with E-state index in [1.165, 1.54) is 6.07 Å². The first-order valence-corrected chi connectivity index (χ1v) is 10.5. The summed E-state index contributed by atoms with van der Waals surface area (Å²) in [5.41, 5.74) is 1.25. The van der Waals surface area contributed by atoms with Crippen LogP contribution < -0.4 is 9.62 Å². The van der Waals surface area contributed by atoms with E-state index >= 15 is 0 Å². The van der Waals surface area contributed by atoms with Crippen LogP contribution in [0.25, 0.3) is 0 Å². The van der Waals surface area contributed by atoms with Crippen LogP contribution in [0.3, 0.4) is 0 Å². The van der Waals surface area contributed by atoms with E-state index in [9.17, 15) is 13.2 Å². The fourth-order valence-electron chi connectivity index (χ4n) is 2.31. The Bertz CT molecular complexity index is 861. The van der Waals surface area contributed by atoms with Crippen molar-refractivity contribution >= 4 is 44.8 Å². The van der Waals surface area contributed by atoms with Gasteiger partial charge >= 0.3 is 0 Å². The minimum absolute atomic E-state index is 0.127. The van der Waals surface area contributed by atoms with Gasteiger partial charge in [-0.15, -0.1) is 0 Å². The maximum absolute atomic E-state index is 12.1. The second kappa shape index (κ2) is 9.21. The molecule has 0 aliphatic heterocycles. The van der Waals surface area contributed by atoms with Crippen molar-refractivity contribution in [2.75, 3.05) is 17.1 Å². The lowest BCUT2D eigenvalue weighted by Gasteiger charge is -2.23. The van der Waals surface area contributed by atoms with Crippen LogP contribution in [0.1, 0.15) is 18.4 Å². The van der Waals surface area contributed by atoms with E-state index in [2.05, 4.69) is 10.3 Å². The highest BCUT2D eigenvalue weighted by molar-refractivity contribution is 7.92. The summed E-state index contributed by atoms with van der Waals surface area (Å²) in [6.45, 7) is 0.527. The van der Waals surface area contributed by atoms with Crippen LogP contribution in [-0.4, -0.2) is 32.1 Å². The van der Waals surface area contributed by atoms with Crippen molar-refractivity contribution in [3.63, 3.8) is 0 Å². The van der Waals surface area contributed by atoms with Gasteiger partial charge in [-0.1, -0.05) is 23.2 Å². The number of carbonyl (C=O) groups is 1. The first-order chi connectivity index (χ1) is 12.3. The maximum Gasteiger partial charge on any atom is 0.232 e. The highest BCUT2D eigenvalue weighted by Gasteiger charge is 2.20. The molecule has 2 rings (SSSR count). The number of pyridine rings is 1. The molecule has 1 heterocycles. The minimum Gasteiger partial charge on any atom is -0.352 e. The predicted octanol–water partition coefficient (Wildman–Crippen LogP) is 3.25. The van der Waals surface area contributed by atoms with Gasteiger partial charge in [-0.2, -0.15) is 0 Å². The van der Waals surface area contributed by atoms with Crippen LogP contribution in [0.4, 0.5) is 5.69 Å². The molecule has 0 saturated heterocycles. The number of halogens is 2. The van der Waals surface area contributed by atoms with Crippen molar-refractivity contribution in [1.29, 1.82) is 0 Å². The number of rotatable bonds is 8. The number of nitrogens with one attached hydrogen (secondary N) is 1. The molecule has 1 aromatic heterocycles. The van der Waals surface area contributed by atoms with Crippen LogP contribution in [0.5, 0.6) is 0 Å². The molecule has 2 aromatic rings. The van der Waals surface area contributed by atoms with E-state index in [1.54, 1.807) is 24.5 Å². The molecule has 9 heteroatoms. The quantitative estimate of drug-likeness (QED) is 0.717. The van der Waals surface area contributed by atoms with E-state index < -0.39 is 10.0 Å². The van der Waals surface area contributed by atoms with Crippen LogP contribution in [0.15, 0.2) is 42.7 Å². The monoisotopic (exact) mass is 415 g/mol. The van der Waals surface area contributed by atoms with Crippen molar-refractivity contribution in [1.82, 2.24) is 10.3 Å². The lowest BCUT2D eigenvalue weighted by Crippen LogP contribution is -2.32. The number of carbonyl (C=O) groups excluding carboxylic acids is 1. The molecular formula is C17H19Cl2N3O3S. The van der Waals surface area contributed by atoms with Gasteiger partial charge in [-0.3, -0.25) is 14.1 Å². The topological polar surface area (TPSA) is 79.4 Å². The fraction of sp³-hybridized carbons (Fsp3) is 0.294. The number of aromatic nitrogens is 1. The number of hydrogen-bond donors (Lipinski definition) is 1. The van der Waals surface area contributed by atoms with Crippen LogP contribution in [0.2, 0.25) is 10.0 Å². The van der Waals surface area contributed by atoms with E-state index in [0.29, 0.717) is 23.7 Å². The Labute approximate surface area is 163 Å². The Balaban J connectivity index is 1.94. The summed E-state index contributed by atoms with van der Waals surface area (Å²) in [5.74, 6) is -0.160. The predicted molar refractivity (Wildman–Crippen MR) is 104 cm³/mol. The Morgan fingerprint density at radius 2 is 1.88 bits per heavy atom. The van der Waals surface area contributed by atoms with Crippen molar-refractivity contribution < 1.29 is 13.2 Å². The number of hydrogen-bond acceptors (Lipinski definition) is 4. The average molecular weight is 416 g/mol. The lowest BCUT2D eigenvalue weighted by molar-refractivity contribution is -0.121. The number of sulfonamides is 1. The van der Waals surface area contributed by atoms with Crippen LogP contribution in [-0.2, 0) is 21.4 Å². The molecule has 6 nitrogen and oxygen atoms in total.